The highest BCUT2D eigenvalue weighted by atomic mass is 19.1. The molecule has 0 bridgehead atoms. The van der Waals surface area contributed by atoms with Gasteiger partial charge in [-0.25, -0.2) is 14.4 Å². The fraction of sp³-hybridized carbons (Fsp3) is 0.312. The first-order valence-electron chi connectivity index (χ1n) is 7.25. The highest BCUT2D eigenvalue weighted by Crippen LogP contribution is 2.16. The molecule has 7 heteroatoms. The summed E-state index contributed by atoms with van der Waals surface area (Å²) in [5.41, 5.74) is 0.976. The van der Waals surface area contributed by atoms with Crippen LogP contribution >= 0.6 is 0 Å². The number of rotatable bonds is 6. The first-order valence-corrected chi connectivity index (χ1v) is 7.25. The third-order valence-corrected chi connectivity index (χ3v) is 3.03. The van der Waals surface area contributed by atoms with E-state index in [1.807, 2.05) is 19.0 Å². The third kappa shape index (κ3) is 5.30. The molecule has 122 valence electrons. The second-order valence-electron chi connectivity index (χ2n) is 5.38. The smallest absolute Gasteiger partial charge is 0.270 e. The van der Waals surface area contributed by atoms with Crippen molar-refractivity contribution in [2.24, 2.45) is 0 Å². The van der Waals surface area contributed by atoms with Crippen molar-refractivity contribution in [3.63, 3.8) is 0 Å². The molecule has 0 saturated heterocycles. The normalized spacial score (nSPS) is 10.7. The lowest BCUT2D eigenvalue weighted by Crippen LogP contribution is -2.32. The number of halogens is 1. The van der Waals surface area contributed by atoms with Crippen molar-refractivity contribution in [1.82, 2.24) is 20.2 Å². The van der Waals surface area contributed by atoms with Gasteiger partial charge in [0.05, 0.1) is 0 Å². The van der Waals surface area contributed by atoms with E-state index >= 15 is 0 Å². The molecule has 0 fully saturated rings. The van der Waals surface area contributed by atoms with Gasteiger partial charge in [0.25, 0.3) is 5.91 Å². The number of aromatic nitrogens is 2. The molecule has 0 radical (unpaired) electrons. The number of carbonyl (C=O) groups is 1. The van der Waals surface area contributed by atoms with Crippen molar-refractivity contribution in [1.29, 1.82) is 0 Å². The molecule has 1 amide bonds. The summed E-state index contributed by atoms with van der Waals surface area (Å²) in [6.45, 7) is 3.00. The maximum atomic E-state index is 12.9. The third-order valence-electron chi connectivity index (χ3n) is 3.03. The van der Waals surface area contributed by atoms with Gasteiger partial charge in [-0.15, -0.1) is 0 Å². The molecule has 23 heavy (non-hydrogen) atoms. The Bertz CT molecular complexity index is 673. The van der Waals surface area contributed by atoms with Crippen LogP contribution in [-0.2, 0) is 0 Å². The van der Waals surface area contributed by atoms with Gasteiger partial charge in [-0.1, -0.05) is 0 Å². The van der Waals surface area contributed by atoms with Gasteiger partial charge >= 0.3 is 0 Å². The monoisotopic (exact) mass is 317 g/mol. The van der Waals surface area contributed by atoms with E-state index in [0.717, 1.165) is 6.54 Å². The number of carbonyl (C=O) groups excluding carboxylic acids is 1. The van der Waals surface area contributed by atoms with Crippen LogP contribution in [0.4, 0.5) is 15.9 Å². The Morgan fingerprint density at radius 1 is 1.22 bits per heavy atom. The average molecular weight is 317 g/mol. The molecule has 1 heterocycles. The van der Waals surface area contributed by atoms with Crippen LogP contribution in [0.15, 0.2) is 30.3 Å². The molecule has 0 saturated carbocycles. The van der Waals surface area contributed by atoms with Crippen molar-refractivity contribution >= 4 is 17.4 Å². The number of hydrogen-bond donors (Lipinski definition) is 2. The van der Waals surface area contributed by atoms with E-state index in [0.29, 0.717) is 29.6 Å². The summed E-state index contributed by atoms with van der Waals surface area (Å²) < 4.78 is 12.9. The Morgan fingerprint density at radius 3 is 2.57 bits per heavy atom. The molecule has 2 N–H and O–H groups in total. The lowest BCUT2D eigenvalue weighted by Gasteiger charge is -2.11. The Balaban J connectivity index is 2.08. The summed E-state index contributed by atoms with van der Waals surface area (Å²) in [6, 6.07) is 7.48. The fourth-order valence-corrected chi connectivity index (χ4v) is 1.91. The predicted molar refractivity (Wildman–Crippen MR) is 87.3 cm³/mol. The molecule has 1 aromatic heterocycles. The fourth-order valence-electron chi connectivity index (χ4n) is 1.91. The highest BCUT2D eigenvalue weighted by Gasteiger charge is 2.10. The summed E-state index contributed by atoms with van der Waals surface area (Å²) in [7, 11) is 3.87. The molecule has 0 aliphatic heterocycles. The number of likely N-dealkylation sites (N-methyl/N-ethyl adjacent to an activating group) is 1. The molecule has 0 aliphatic rings. The van der Waals surface area contributed by atoms with Crippen molar-refractivity contribution in [3.05, 3.63) is 47.7 Å². The number of amides is 1. The van der Waals surface area contributed by atoms with Gasteiger partial charge in [0, 0.05) is 24.8 Å². The van der Waals surface area contributed by atoms with Crippen molar-refractivity contribution in [2.75, 3.05) is 32.5 Å². The van der Waals surface area contributed by atoms with Gasteiger partial charge in [0.15, 0.2) is 0 Å². The topological polar surface area (TPSA) is 70.2 Å². The highest BCUT2D eigenvalue weighted by molar-refractivity contribution is 5.93. The summed E-state index contributed by atoms with van der Waals surface area (Å²) in [5.74, 6) is 0.409. The Morgan fingerprint density at radius 2 is 1.91 bits per heavy atom. The van der Waals surface area contributed by atoms with E-state index in [1.165, 1.54) is 12.1 Å². The second-order valence-corrected chi connectivity index (χ2v) is 5.38. The molecule has 0 spiro atoms. The van der Waals surface area contributed by atoms with E-state index in [9.17, 15) is 9.18 Å². The van der Waals surface area contributed by atoms with Crippen LogP contribution in [0.1, 0.15) is 16.3 Å². The Hall–Kier alpha value is -2.54. The van der Waals surface area contributed by atoms with Crippen molar-refractivity contribution < 1.29 is 9.18 Å². The summed E-state index contributed by atoms with van der Waals surface area (Å²) in [5, 5.41) is 5.84. The standard InChI is InChI=1S/C16H20FN5O/c1-11-19-14(16(23)18-8-9-22(2)3)10-15(20-11)21-13-6-4-12(17)5-7-13/h4-7,10H,8-9H2,1-3H3,(H,18,23)(H,19,20,21). The lowest BCUT2D eigenvalue weighted by atomic mass is 10.3. The van der Waals surface area contributed by atoms with Crippen LogP contribution in [0.25, 0.3) is 0 Å². The molecule has 2 rings (SSSR count). The SMILES string of the molecule is Cc1nc(Nc2ccc(F)cc2)cc(C(=O)NCCN(C)C)n1. The van der Waals surface area contributed by atoms with Gasteiger partial charge < -0.3 is 15.5 Å². The maximum Gasteiger partial charge on any atom is 0.270 e. The minimum absolute atomic E-state index is 0.250. The molecule has 1 aromatic carbocycles. The number of anilines is 2. The van der Waals surface area contributed by atoms with Gasteiger partial charge in [-0.3, -0.25) is 4.79 Å². The number of nitrogens with zero attached hydrogens (tertiary/aromatic N) is 3. The zero-order valence-electron chi connectivity index (χ0n) is 13.4. The van der Waals surface area contributed by atoms with E-state index in [1.54, 1.807) is 25.1 Å². The molecule has 0 aliphatic carbocycles. The van der Waals surface area contributed by atoms with Crippen LogP contribution in [-0.4, -0.2) is 48.0 Å². The van der Waals surface area contributed by atoms with Crippen LogP contribution < -0.4 is 10.6 Å². The second kappa shape index (κ2) is 7.64. The molecule has 0 atom stereocenters. The van der Waals surface area contributed by atoms with E-state index in [2.05, 4.69) is 20.6 Å². The van der Waals surface area contributed by atoms with Crippen LogP contribution in [0, 0.1) is 12.7 Å². The molecule has 2 aromatic rings. The Labute approximate surface area is 134 Å². The largest absolute Gasteiger partial charge is 0.349 e. The number of hydrogen-bond acceptors (Lipinski definition) is 5. The predicted octanol–water partition coefficient (Wildman–Crippen LogP) is 1.96. The van der Waals surface area contributed by atoms with Crippen LogP contribution in [0.5, 0.6) is 0 Å². The first-order chi connectivity index (χ1) is 10.9. The zero-order valence-corrected chi connectivity index (χ0v) is 13.4. The van der Waals surface area contributed by atoms with Gasteiger partial charge in [0.1, 0.15) is 23.2 Å². The average Bonchev–Trinajstić information content (AvgIpc) is 2.48. The van der Waals surface area contributed by atoms with Gasteiger partial charge in [-0.2, -0.15) is 0 Å². The minimum atomic E-state index is -0.310. The maximum absolute atomic E-state index is 12.9. The molecular formula is C16H20FN5O. The molecular weight excluding hydrogens is 297 g/mol. The first kappa shape index (κ1) is 16.8. The van der Waals surface area contributed by atoms with Crippen LogP contribution in [0.3, 0.4) is 0 Å². The van der Waals surface area contributed by atoms with Gasteiger partial charge in [-0.05, 0) is 45.3 Å². The summed E-state index contributed by atoms with van der Waals surface area (Å²) in [4.78, 5) is 22.5. The lowest BCUT2D eigenvalue weighted by molar-refractivity contribution is 0.0945. The van der Waals surface area contributed by atoms with E-state index in [-0.39, 0.29) is 11.7 Å². The molecule has 0 unspecified atom stereocenters. The summed E-state index contributed by atoms with van der Waals surface area (Å²) in [6.07, 6.45) is 0. The van der Waals surface area contributed by atoms with Crippen molar-refractivity contribution in [3.8, 4) is 0 Å². The van der Waals surface area contributed by atoms with Crippen LogP contribution in [0.2, 0.25) is 0 Å². The number of nitrogens with one attached hydrogen (secondary N) is 2. The van der Waals surface area contributed by atoms with E-state index in [4.69, 9.17) is 0 Å². The quantitative estimate of drug-likeness (QED) is 0.852. The van der Waals surface area contributed by atoms with Crippen molar-refractivity contribution in [2.45, 2.75) is 6.92 Å². The summed E-state index contributed by atoms with van der Waals surface area (Å²) >= 11 is 0. The number of benzene rings is 1. The Kier molecular flexibility index (Phi) is 5.59. The van der Waals surface area contributed by atoms with E-state index < -0.39 is 0 Å². The van der Waals surface area contributed by atoms with Gasteiger partial charge in [0.2, 0.25) is 0 Å². The zero-order chi connectivity index (χ0) is 16.8. The molecule has 6 nitrogen and oxygen atoms in total. The number of aryl methyl sites for hydroxylation is 1. The minimum Gasteiger partial charge on any atom is -0.349 e.